The summed E-state index contributed by atoms with van der Waals surface area (Å²) in [5, 5.41) is 13.2. The van der Waals surface area contributed by atoms with E-state index in [4.69, 9.17) is 0 Å². The highest BCUT2D eigenvalue weighted by Gasteiger charge is 2.28. The maximum absolute atomic E-state index is 10.2. The largest absolute Gasteiger partial charge is 0.385 e. The Morgan fingerprint density at radius 1 is 1.71 bits per heavy atom. The van der Waals surface area contributed by atoms with Crippen LogP contribution in [0.2, 0.25) is 0 Å². The van der Waals surface area contributed by atoms with Crippen molar-refractivity contribution in [2.24, 2.45) is 5.92 Å². The van der Waals surface area contributed by atoms with Gasteiger partial charge in [-0.3, -0.25) is 0 Å². The molecule has 0 aromatic carbocycles. The molecule has 2 unspecified atom stereocenters. The molecule has 1 aromatic rings. The summed E-state index contributed by atoms with van der Waals surface area (Å²) >= 11 is 1.61. The summed E-state index contributed by atoms with van der Waals surface area (Å²) < 4.78 is 0. The summed E-state index contributed by atoms with van der Waals surface area (Å²) in [5.41, 5.74) is -0.648. The first-order valence-corrected chi connectivity index (χ1v) is 5.86. The number of thiazole rings is 1. The number of aliphatic hydroxyl groups is 1. The number of hydrogen-bond acceptors (Lipinski definition) is 3. The Labute approximate surface area is 88.3 Å². The molecule has 76 valence electrons. The van der Waals surface area contributed by atoms with Crippen molar-refractivity contribution in [2.45, 2.75) is 31.8 Å². The van der Waals surface area contributed by atoms with Crippen molar-refractivity contribution in [3.63, 3.8) is 0 Å². The highest BCUT2D eigenvalue weighted by atomic mass is 32.1. The molecular weight excluding hydrogens is 194 g/mol. The van der Waals surface area contributed by atoms with Crippen molar-refractivity contribution < 1.29 is 5.11 Å². The van der Waals surface area contributed by atoms with Crippen molar-refractivity contribution in [3.8, 4) is 0 Å². The van der Waals surface area contributed by atoms with Crippen molar-refractivity contribution >= 4 is 11.3 Å². The van der Waals surface area contributed by atoms with E-state index in [0.717, 1.165) is 17.8 Å². The SMILES string of the molecule is CC1C=CC(O)(Cc2nccs2)CC1. The van der Waals surface area contributed by atoms with Crippen LogP contribution in [0.15, 0.2) is 23.7 Å². The normalized spacial score (nSPS) is 32.0. The van der Waals surface area contributed by atoms with Gasteiger partial charge < -0.3 is 5.11 Å². The predicted octanol–water partition coefficient (Wildman–Crippen LogP) is 2.40. The quantitative estimate of drug-likeness (QED) is 0.759. The van der Waals surface area contributed by atoms with Crippen LogP contribution in [0.1, 0.15) is 24.8 Å². The first-order valence-electron chi connectivity index (χ1n) is 4.98. The molecule has 1 N–H and O–H groups in total. The molecule has 2 rings (SSSR count). The van der Waals surface area contributed by atoms with Crippen LogP contribution in [0, 0.1) is 5.92 Å². The number of rotatable bonds is 2. The average molecular weight is 209 g/mol. The lowest BCUT2D eigenvalue weighted by Crippen LogP contribution is -2.31. The van der Waals surface area contributed by atoms with Gasteiger partial charge in [0.25, 0.3) is 0 Å². The van der Waals surface area contributed by atoms with Gasteiger partial charge >= 0.3 is 0 Å². The van der Waals surface area contributed by atoms with E-state index >= 15 is 0 Å². The van der Waals surface area contributed by atoms with E-state index < -0.39 is 5.60 Å². The molecule has 3 heteroatoms. The van der Waals surface area contributed by atoms with Crippen LogP contribution < -0.4 is 0 Å². The van der Waals surface area contributed by atoms with Gasteiger partial charge in [-0.1, -0.05) is 19.1 Å². The molecule has 0 aliphatic heterocycles. The zero-order chi connectivity index (χ0) is 10.0. The Morgan fingerprint density at radius 3 is 3.14 bits per heavy atom. The number of hydrogen-bond donors (Lipinski definition) is 1. The molecule has 0 amide bonds. The molecular formula is C11H15NOS. The van der Waals surface area contributed by atoms with Crippen LogP contribution in [0.4, 0.5) is 0 Å². The molecule has 2 nitrogen and oxygen atoms in total. The zero-order valence-electron chi connectivity index (χ0n) is 8.31. The van der Waals surface area contributed by atoms with Crippen molar-refractivity contribution in [1.82, 2.24) is 4.98 Å². The van der Waals surface area contributed by atoms with Gasteiger partial charge in [0.15, 0.2) is 0 Å². The summed E-state index contributed by atoms with van der Waals surface area (Å²) in [5.74, 6) is 0.603. The van der Waals surface area contributed by atoms with Gasteiger partial charge in [0, 0.05) is 18.0 Å². The molecule has 1 aromatic heterocycles. The monoisotopic (exact) mass is 209 g/mol. The zero-order valence-corrected chi connectivity index (χ0v) is 9.13. The van der Waals surface area contributed by atoms with Gasteiger partial charge in [0.1, 0.15) is 0 Å². The predicted molar refractivity (Wildman–Crippen MR) is 58.3 cm³/mol. The first-order chi connectivity index (χ1) is 6.68. The number of allylic oxidation sites excluding steroid dienone is 1. The topological polar surface area (TPSA) is 33.1 Å². The molecule has 1 aliphatic carbocycles. The highest BCUT2D eigenvalue weighted by Crippen LogP contribution is 2.29. The molecule has 0 saturated carbocycles. The number of nitrogens with zero attached hydrogens (tertiary/aromatic N) is 1. The standard InChI is InChI=1S/C11H15NOS/c1-9-2-4-11(13,5-3-9)8-10-12-6-7-14-10/h2,4,6-7,9,13H,3,5,8H2,1H3. The van der Waals surface area contributed by atoms with Crippen molar-refractivity contribution in [2.75, 3.05) is 0 Å². The third-order valence-corrected chi connectivity index (χ3v) is 3.49. The van der Waals surface area contributed by atoms with E-state index in [0.29, 0.717) is 12.3 Å². The maximum atomic E-state index is 10.2. The summed E-state index contributed by atoms with van der Waals surface area (Å²) in [6.07, 6.45) is 8.43. The van der Waals surface area contributed by atoms with Gasteiger partial charge in [-0.05, 0) is 18.8 Å². The van der Waals surface area contributed by atoms with Crippen molar-refractivity contribution in [1.29, 1.82) is 0 Å². The second-order valence-corrected chi connectivity index (χ2v) is 5.06. The fraction of sp³-hybridized carbons (Fsp3) is 0.545. The molecule has 0 fully saturated rings. The van der Waals surface area contributed by atoms with Crippen molar-refractivity contribution in [3.05, 3.63) is 28.7 Å². The smallest absolute Gasteiger partial charge is 0.0956 e. The minimum Gasteiger partial charge on any atom is -0.385 e. The van der Waals surface area contributed by atoms with Crippen LogP contribution in [0.3, 0.4) is 0 Å². The average Bonchev–Trinajstić information content (AvgIpc) is 2.63. The molecule has 0 saturated heterocycles. The Kier molecular flexibility index (Phi) is 2.70. The lowest BCUT2D eigenvalue weighted by atomic mass is 9.84. The van der Waals surface area contributed by atoms with E-state index in [-0.39, 0.29) is 0 Å². The van der Waals surface area contributed by atoms with Crippen LogP contribution in [-0.2, 0) is 6.42 Å². The minimum atomic E-state index is -0.648. The molecule has 0 bridgehead atoms. The molecule has 14 heavy (non-hydrogen) atoms. The third-order valence-electron chi connectivity index (χ3n) is 2.71. The first kappa shape index (κ1) is 9.87. The molecule has 0 radical (unpaired) electrons. The van der Waals surface area contributed by atoms with Gasteiger partial charge in [0.2, 0.25) is 0 Å². The van der Waals surface area contributed by atoms with Gasteiger partial charge in [-0.2, -0.15) is 0 Å². The fourth-order valence-electron chi connectivity index (χ4n) is 1.75. The highest BCUT2D eigenvalue weighted by molar-refractivity contribution is 7.09. The molecule has 1 heterocycles. The second-order valence-electron chi connectivity index (χ2n) is 4.08. The van der Waals surface area contributed by atoms with E-state index in [2.05, 4.69) is 18.0 Å². The summed E-state index contributed by atoms with van der Waals surface area (Å²) in [4.78, 5) is 4.20. The fourth-order valence-corrected chi connectivity index (χ4v) is 2.48. The Balaban J connectivity index is 2.07. The summed E-state index contributed by atoms with van der Waals surface area (Å²) in [6, 6.07) is 0. The summed E-state index contributed by atoms with van der Waals surface area (Å²) in [6.45, 7) is 2.18. The third kappa shape index (κ3) is 2.22. The van der Waals surface area contributed by atoms with Crippen LogP contribution in [0.5, 0.6) is 0 Å². The van der Waals surface area contributed by atoms with E-state index in [1.807, 2.05) is 11.5 Å². The summed E-state index contributed by atoms with van der Waals surface area (Å²) in [7, 11) is 0. The Hall–Kier alpha value is -0.670. The van der Waals surface area contributed by atoms with Gasteiger partial charge in [-0.25, -0.2) is 4.98 Å². The van der Waals surface area contributed by atoms with E-state index in [1.165, 1.54) is 0 Å². The Bertz CT molecular complexity index is 320. The minimum absolute atomic E-state index is 0.603. The molecule has 1 aliphatic rings. The van der Waals surface area contributed by atoms with Gasteiger partial charge in [0.05, 0.1) is 10.6 Å². The van der Waals surface area contributed by atoms with Crippen LogP contribution in [0.25, 0.3) is 0 Å². The lowest BCUT2D eigenvalue weighted by molar-refractivity contribution is 0.0699. The molecule has 0 spiro atoms. The number of aromatic nitrogens is 1. The van der Waals surface area contributed by atoms with Crippen LogP contribution in [-0.4, -0.2) is 15.7 Å². The maximum Gasteiger partial charge on any atom is 0.0956 e. The van der Waals surface area contributed by atoms with Gasteiger partial charge in [-0.15, -0.1) is 11.3 Å². The second kappa shape index (κ2) is 3.83. The Morgan fingerprint density at radius 2 is 2.57 bits per heavy atom. The lowest BCUT2D eigenvalue weighted by Gasteiger charge is -2.28. The van der Waals surface area contributed by atoms with E-state index in [1.54, 1.807) is 17.5 Å². The molecule has 2 atom stereocenters. The van der Waals surface area contributed by atoms with Crippen LogP contribution >= 0.6 is 11.3 Å². The van der Waals surface area contributed by atoms with E-state index in [9.17, 15) is 5.11 Å².